The van der Waals surface area contributed by atoms with E-state index in [9.17, 15) is 9.59 Å². The quantitative estimate of drug-likeness (QED) is 0.308. The zero-order valence-electron chi connectivity index (χ0n) is 26.6. The second-order valence-electron chi connectivity index (χ2n) is 10.8. The number of nitrogens with zero attached hydrogens (tertiary/aromatic N) is 5. The van der Waals surface area contributed by atoms with Crippen LogP contribution in [-0.4, -0.2) is 101 Å². The molecule has 0 spiro atoms. The Kier molecular flexibility index (Phi) is 10.1. The number of para-hydroxylation sites is 2. The van der Waals surface area contributed by atoms with Crippen molar-refractivity contribution in [1.29, 1.82) is 0 Å². The number of likely N-dealkylation sites (tertiary alicyclic amines) is 1. The number of piperidine rings is 1. The van der Waals surface area contributed by atoms with Gasteiger partial charge >= 0.3 is 5.97 Å². The number of rotatable bonds is 10. The fourth-order valence-corrected chi connectivity index (χ4v) is 5.95. The number of aromatic nitrogens is 2. The van der Waals surface area contributed by atoms with E-state index >= 15 is 0 Å². The van der Waals surface area contributed by atoms with Crippen LogP contribution in [0.1, 0.15) is 30.1 Å². The van der Waals surface area contributed by atoms with Crippen LogP contribution < -0.4 is 28.7 Å². The van der Waals surface area contributed by atoms with Gasteiger partial charge in [0, 0.05) is 51.0 Å². The lowest BCUT2D eigenvalue weighted by Crippen LogP contribution is -2.48. The molecule has 2 saturated heterocycles. The molecule has 1 aromatic heterocycles. The summed E-state index contributed by atoms with van der Waals surface area (Å²) in [6.07, 6.45) is 2.99. The number of hydrogen-bond acceptors (Lipinski definition) is 11. The molecule has 0 radical (unpaired) electrons. The van der Waals surface area contributed by atoms with Gasteiger partial charge in [0.1, 0.15) is 17.1 Å². The molecule has 12 heteroatoms. The summed E-state index contributed by atoms with van der Waals surface area (Å²) in [5.74, 6) is 2.35. The van der Waals surface area contributed by atoms with Gasteiger partial charge in [0.2, 0.25) is 5.75 Å². The third-order valence-corrected chi connectivity index (χ3v) is 8.26. The Morgan fingerprint density at radius 3 is 2.18 bits per heavy atom. The Morgan fingerprint density at radius 2 is 1.53 bits per heavy atom. The molecule has 3 heterocycles. The molecule has 0 bridgehead atoms. The molecule has 2 fully saturated rings. The molecule has 2 aromatic carbocycles. The Bertz CT molecular complexity index is 1480. The summed E-state index contributed by atoms with van der Waals surface area (Å²) < 4.78 is 27.5. The summed E-state index contributed by atoms with van der Waals surface area (Å²) in [6, 6.07) is 11.5. The summed E-state index contributed by atoms with van der Waals surface area (Å²) in [5, 5.41) is 0. The van der Waals surface area contributed by atoms with Crippen molar-refractivity contribution in [3.8, 4) is 34.4 Å². The van der Waals surface area contributed by atoms with Gasteiger partial charge < -0.3 is 38.4 Å². The molecule has 1 amide bonds. The minimum atomic E-state index is -0.352. The Labute approximate surface area is 263 Å². The number of methoxy groups -OCH3 is 4. The highest BCUT2D eigenvalue weighted by atomic mass is 16.5. The minimum Gasteiger partial charge on any atom is -0.495 e. The first-order valence-electron chi connectivity index (χ1n) is 15.2. The molecule has 12 nitrogen and oxygen atoms in total. The van der Waals surface area contributed by atoms with Crippen molar-refractivity contribution in [2.75, 3.05) is 84.1 Å². The van der Waals surface area contributed by atoms with E-state index in [1.165, 1.54) is 0 Å². The van der Waals surface area contributed by atoms with E-state index < -0.39 is 0 Å². The van der Waals surface area contributed by atoms with Crippen molar-refractivity contribution < 1.29 is 33.3 Å². The van der Waals surface area contributed by atoms with Crippen molar-refractivity contribution in [3.63, 3.8) is 0 Å². The van der Waals surface area contributed by atoms with Gasteiger partial charge in [-0.05, 0) is 44.0 Å². The molecule has 1 atom stereocenters. The van der Waals surface area contributed by atoms with Crippen LogP contribution in [0.3, 0.4) is 0 Å². The molecule has 45 heavy (non-hydrogen) atoms. The van der Waals surface area contributed by atoms with Crippen molar-refractivity contribution >= 4 is 23.4 Å². The van der Waals surface area contributed by atoms with Crippen LogP contribution in [0, 0.1) is 5.92 Å². The van der Waals surface area contributed by atoms with Gasteiger partial charge in [0.25, 0.3) is 5.91 Å². The van der Waals surface area contributed by atoms with E-state index in [4.69, 9.17) is 28.7 Å². The topological polar surface area (TPSA) is 116 Å². The predicted molar refractivity (Wildman–Crippen MR) is 170 cm³/mol. The SMILES string of the molecule is CCOC(=O)C1CCCN(C(=O)c2cnc(-c3cc(OC)c(OC)c(OC)c3)nc2N2CCN(c3ccccc3OC)CC2)C1. The van der Waals surface area contributed by atoms with Gasteiger partial charge in [-0.15, -0.1) is 0 Å². The summed E-state index contributed by atoms with van der Waals surface area (Å²) in [5.41, 5.74) is 2.06. The highest BCUT2D eigenvalue weighted by Crippen LogP contribution is 2.41. The molecule has 5 rings (SSSR count). The summed E-state index contributed by atoms with van der Waals surface area (Å²) in [6.45, 7) is 5.59. The van der Waals surface area contributed by atoms with Crippen LogP contribution in [0.25, 0.3) is 11.4 Å². The van der Waals surface area contributed by atoms with Gasteiger partial charge in [0.15, 0.2) is 17.3 Å². The molecule has 3 aromatic rings. The fraction of sp³-hybridized carbons (Fsp3) is 0.455. The van der Waals surface area contributed by atoms with E-state index in [0.29, 0.717) is 98.7 Å². The third kappa shape index (κ3) is 6.69. The van der Waals surface area contributed by atoms with Crippen molar-refractivity contribution in [2.45, 2.75) is 19.8 Å². The van der Waals surface area contributed by atoms with E-state index in [2.05, 4.69) is 14.8 Å². The maximum absolute atomic E-state index is 14.1. The van der Waals surface area contributed by atoms with Gasteiger partial charge in [-0.25, -0.2) is 9.97 Å². The normalized spacial score (nSPS) is 16.6. The van der Waals surface area contributed by atoms with E-state index in [-0.39, 0.29) is 17.8 Å². The first kappa shape index (κ1) is 31.7. The number of piperazine rings is 1. The van der Waals surface area contributed by atoms with Crippen LogP contribution in [0.15, 0.2) is 42.6 Å². The molecule has 240 valence electrons. The minimum absolute atomic E-state index is 0.206. The molecule has 0 saturated carbocycles. The lowest BCUT2D eigenvalue weighted by Gasteiger charge is -2.38. The predicted octanol–water partition coefficient (Wildman–Crippen LogP) is 3.92. The molecular formula is C33H41N5O7. The van der Waals surface area contributed by atoms with Crippen LogP contribution in [0.4, 0.5) is 11.5 Å². The highest BCUT2D eigenvalue weighted by Gasteiger charge is 2.33. The molecule has 0 aliphatic carbocycles. The standard InChI is InChI=1S/C33H41N5O7/c1-6-45-33(40)22-10-9-13-38(21-22)32(39)24-20-34-30(23-18-27(42-3)29(44-5)28(19-23)43-4)35-31(24)37-16-14-36(15-17-37)25-11-7-8-12-26(25)41-2/h7-8,11-12,18-20,22H,6,9-10,13-17,21H2,1-5H3. The van der Waals surface area contributed by atoms with Crippen LogP contribution in [0.5, 0.6) is 23.0 Å². The second-order valence-corrected chi connectivity index (χ2v) is 10.8. The summed E-state index contributed by atoms with van der Waals surface area (Å²) >= 11 is 0. The van der Waals surface area contributed by atoms with Gasteiger partial charge in [-0.1, -0.05) is 12.1 Å². The van der Waals surface area contributed by atoms with Crippen LogP contribution in [-0.2, 0) is 9.53 Å². The first-order valence-corrected chi connectivity index (χ1v) is 15.2. The van der Waals surface area contributed by atoms with Crippen molar-refractivity contribution in [2.24, 2.45) is 5.92 Å². The van der Waals surface area contributed by atoms with E-state index in [0.717, 1.165) is 11.4 Å². The number of carbonyl (C=O) groups excluding carboxylic acids is 2. The number of benzene rings is 2. The third-order valence-electron chi connectivity index (χ3n) is 8.26. The number of amides is 1. The monoisotopic (exact) mass is 619 g/mol. The molecule has 1 unspecified atom stereocenters. The van der Waals surface area contributed by atoms with Gasteiger partial charge in [-0.3, -0.25) is 9.59 Å². The molecule has 2 aliphatic heterocycles. The van der Waals surface area contributed by atoms with E-state index in [1.54, 1.807) is 58.6 Å². The van der Waals surface area contributed by atoms with Crippen molar-refractivity contribution in [1.82, 2.24) is 14.9 Å². The van der Waals surface area contributed by atoms with Crippen LogP contribution >= 0.6 is 0 Å². The maximum Gasteiger partial charge on any atom is 0.310 e. The Morgan fingerprint density at radius 1 is 0.867 bits per heavy atom. The molecular weight excluding hydrogens is 578 g/mol. The zero-order chi connectivity index (χ0) is 31.9. The highest BCUT2D eigenvalue weighted by molar-refractivity contribution is 5.99. The van der Waals surface area contributed by atoms with Crippen molar-refractivity contribution in [3.05, 3.63) is 48.2 Å². The lowest BCUT2D eigenvalue weighted by atomic mass is 9.97. The Hall–Kier alpha value is -4.74. The lowest BCUT2D eigenvalue weighted by molar-refractivity contribution is -0.149. The average molecular weight is 620 g/mol. The number of carbonyl (C=O) groups is 2. The largest absolute Gasteiger partial charge is 0.495 e. The first-order chi connectivity index (χ1) is 21.9. The fourth-order valence-electron chi connectivity index (χ4n) is 5.95. The second kappa shape index (κ2) is 14.4. The summed E-state index contributed by atoms with van der Waals surface area (Å²) in [7, 11) is 6.33. The zero-order valence-corrected chi connectivity index (χ0v) is 26.6. The number of ether oxygens (including phenoxy) is 5. The Balaban J connectivity index is 1.49. The number of anilines is 2. The van der Waals surface area contributed by atoms with Gasteiger partial charge in [-0.2, -0.15) is 0 Å². The number of hydrogen-bond donors (Lipinski definition) is 0. The molecule has 0 N–H and O–H groups in total. The van der Waals surface area contributed by atoms with Gasteiger partial charge in [0.05, 0.1) is 46.7 Å². The maximum atomic E-state index is 14.1. The summed E-state index contributed by atoms with van der Waals surface area (Å²) in [4.78, 5) is 42.3. The number of esters is 1. The molecule has 2 aliphatic rings. The average Bonchev–Trinajstić information content (AvgIpc) is 3.10. The van der Waals surface area contributed by atoms with E-state index in [1.807, 2.05) is 24.3 Å². The van der Waals surface area contributed by atoms with Crippen LogP contribution in [0.2, 0.25) is 0 Å². The smallest absolute Gasteiger partial charge is 0.310 e.